The van der Waals surface area contributed by atoms with Gasteiger partial charge in [-0.25, -0.2) is 19.7 Å². The van der Waals surface area contributed by atoms with E-state index < -0.39 is 5.97 Å². The van der Waals surface area contributed by atoms with Gasteiger partial charge >= 0.3 is 5.97 Å². The van der Waals surface area contributed by atoms with Crippen molar-refractivity contribution in [2.45, 2.75) is 133 Å². The molecule has 6 N–H and O–H groups in total. The molecule has 378 valence electrons. The number of unbranched alkanes of at least 4 members (excludes halogenated alkanes) is 3. The lowest BCUT2D eigenvalue weighted by molar-refractivity contribution is -0.118. The number of carbonyl (C=O) groups excluding carboxylic acids is 6. The number of carboxylic acids is 1. The third-order valence-electron chi connectivity index (χ3n) is 9.16. The number of nitrogens with zero attached hydrogens (tertiary/aromatic N) is 6. The summed E-state index contributed by atoms with van der Waals surface area (Å²) in [4.78, 5) is 92.1. The molecule has 3 heterocycles. The number of hydrogen-bond acceptors (Lipinski definition) is 11. The van der Waals surface area contributed by atoms with Crippen LogP contribution in [0.5, 0.6) is 0 Å². The number of nitrogens with one attached hydrogen (secondary N) is 5. The Kier molecular flexibility index (Phi) is 34.6. The van der Waals surface area contributed by atoms with E-state index in [4.69, 9.17) is 5.11 Å². The second-order valence-electron chi connectivity index (χ2n) is 15.1. The molecule has 0 aliphatic carbocycles. The van der Waals surface area contributed by atoms with E-state index in [1.165, 1.54) is 42.6 Å². The van der Waals surface area contributed by atoms with Crippen LogP contribution in [-0.4, -0.2) is 89.0 Å². The summed E-state index contributed by atoms with van der Waals surface area (Å²) in [5.41, 5.74) is 2.14. The molecule has 0 atom stereocenters. The second-order valence-corrected chi connectivity index (χ2v) is 15.1. The minimum atomic E-state index is -1.11. The molecule has 0 aliphatic rings. The normalized spacial score (nSPS) is 11.1. The zero-order valence-corrected chi connectivity index (χ0v) is 43.0. The topological polar surface area (TPSA) is 253 Å². The lowest BCUT2D eigenvalue weighted by Gasteiger charge is -2.08. The van der Waals surface area contributed by atoms with Crippen molar-refractivity contribution < 1.29 is 38.7 Å². The number of aryl methyl sites for hydroxylation is 3. The molecule has 19 nitrogen and oxygen atoms in total. The van der Waals surface area contributed by atoms with Gasteiger partial charge in [-0.15, -0.1) is 0 Å². The van der Waals surface area contributed by atoms with Crippen molar-refractivity contribution in [3.8, 4) is 0 Å². The maximum absolute atomic E-state index is 12.3. The standard InChI is InChI=1S/C16H24N4O2.C15H20N4O3.C10H15N3O3.2C4H10/c1-6-8-13(21)11(3)9-12(7-2)18-16(22)15-19-14(17-4)10-20(15)5;1-4-12(10-11(2)14(21)17-6-5-9-20)18-15(22)13-16-7-8-19(13)3;1-3-4-5-8(14)11-7-6-13(2)9(12-7)10(15)16;2*1-3-4-2/h7,9-10,17H,6,8H2,1-5H3,(H,18,22);4,7-10H,5-6H2,1-3H3,(H,17,21)(H,18,22);6H,3-5H2,1-2H3,(H,11,14)(H,15,16);2*3-4H2,1-2H3/b11-9+,12-7+;11-10+,12-4+;;;. The fraction of sp³-hybridized carbons (Fsp3) is 0.510. The molecule has 0 bridgehead atoms. The zero-order chi connectivity index (χ0) is 52.2. The third kappa shape index (κ3) is 26.3. The molecule has 0 saturated heterocycles. The van der Waals surface area contributed by atoms with Crippen molar-refractivity contribution >= 4 is 53.3 Å². The molecule has 0 aromatic carbocycles. The number of Topliss-reactive ketones (excluding diaryl/α,β-unsaturated/α-hetero) is 1. The number of aldehydes is 1. The first kappa shape index (κ1) is 63.2. The highest BCUT2D eigenvalue weighted by Gasteiger charge is 2.16. The molecule has 3 aromatic heterocycles. The van der Waals surface area contributed by atoms with Crippen LogP contribution < -0.4 is 26.6 Å². The SMILES string of the molecule is C/C=C(\C=C(/C)C(=O)CCC)NC(=O)c1nc(NC)cn1C.C/C=C(\C=C(/C)C(=O)NCCC=O)NC(=O)c1nccn1C.CCCC.CCCC.CCCCC(=O)Nc1cn(C)c(C(=O)O)n1. The number of carboxylic acid groups (broad SMARTS) is 1. The van der Waals surface area contributed by atoms with Crippen LogP contribution in [0.2, 0.25) is 0 Å². The molecule has 0 aliphatic heterocycles. The minimum Gasteiger partial charge on any atom is -0.475 e. The van der Waals surface area contributed by atoms with Crippen molar-refractivity contribution in [2.75, 3.05) is 24.2 Å². The zero-order valence-electron chi connectivity index (χ0n) is 43.0. The first-order chi connectivity index (χ1) is 32.3. The summed E-state index contributed by atoms with van der Waals surface area (Å²) < 4.78 is 4.61. The van der Waals surface area contributed by atoms with E-state index in [0.717, 1.165) is 25.5 Å². The molecule has 3 aromatic rings. The smallest absolute Gasteiger partial charge is 0.372 e. The van der Waals surface area contributed by atoms with Gasteiger partial charge in [0.25, 0.3) is 11.8 Å². The monoisotopic (exact) mass is 950 g/mol. The van der Waals surface area contributed by atoms with Crippen molar-refractivity contribution in [3.05, 3.63) is 89.1 Å². The van der Waals surface area contributed by atoms with Gasteiger partial charge in [0.2, 0.25) is 23.5 Å². The molecular formula is C49H79N11O8. The second kappa shape index (κ2) is 37.2. The van der Waals surface area contributed by atoms with Crippen LogP contribution in [0.3, 0.4) is 0 Å². The van der Waals surface area contributed by atoms with Gasteiger partial charge in [-0.05, 0) is 58.3 Å². The van der Waals surface area contributed by atoms with Crippen molar-refractivity contribution in [2.24, 2.45) is 21.1 Å². The van der Waals surface area contributed by atoms with Crippen LogP contribution >= 0.6 is 0 Å². The number of anilines is 2. The van der Waals surface area contributed by atoms with E-state index in [0.29, 0.717) is 47.0 Å². The average molecular weight is 950 g/mol. The molecule has 0 saturated carbocycles. The van der Waals surface area contributed by atoms with Crippen molar-refractivity contribution in [1.29, 1.82) is 0 Å². The van der Waals surface area contributed by atoms with E-state index in [1.54, 1.807) is 102 Å². The van der Waals surface area contributed by atoms with Gasteiger partial charge in [0.15, 0.2) is 17.4 Å². The van der Waals surface area contributed by atoms with Crippen LogP contribution in [-0.2, 0) is 40.3 Å². The summed E-state index contributed by atoms with van der Waals surface area (Å²) in [6.07, 6.45) is 22.9. The van der Waals surface area contributed by atoms with Crippen LogP contribution in [0.25, 0.3) is 0 Å². The summed E-state index contributed by atoms with van der Waals surface area (Å²) in [6.45, 7) is 19.9. The van der Waals surface area contributed by atoms with E-state index in [-0.39, 0.29) is 59.8 Å². The number of aromatic nitrogens is 6. The first-order valence-corrected chi connectivity index (χ1v) is 23.1. The molecule has 0 radical (unpaired) electrons. The summed E-state index contributed by atoms with van der Waals surface area (Å²) in [5.74, 6) is -0.733. The maximum Gasteiger partial charge on any atom is 0.372 e. The van der Waals surface area contributed by atoms with Crippen molar-refractivity contribution in [3.63, 3.8) is 0 Å². The summed E-state index contributed by atoms with van der Waals surface area (Å²) >= 11 is 0. The van der Waals surface area contributed by atoms with E-state index in [2.05, 4.69) is 69.2 Å². The Morgan fingerprint density at radius 3 is 1.62 bits per heavy atom. The Hall–Kier alpha value is -6.92. The van der Waals surface area contributed by atoms with Crippen LogP contribution in [0.4, 0.5) is 11.6 Å². The van der Waals surface area contributed by atoms with Crippen molar-refractivity contribution in [1.82, 2.24) is 44.6 Å². The molecular weight excluding hydrogens is 871 g/mol. The Labute approximate surface area is 403 Å². The van der Waals surface area contributed by atoms with Crippen LogP contribution in [0, 0.1) is 0 Å². The third-order valence-corrected chi connectivity index (χ3v) is 9.16. The lowest BCUT2D eigenvalue weighted by atomic mass is 10.1. The van der Waals surface area contributed by atoms with Gasteiger partial charge in [-0.1, -0.05) is 85.8 Å². The predicted molar refractivity (Wildman–Crippen MR) is 269 cm³/mol. The molecule has 4 amide bonds. The Balaban J connectivity index is 0. The quantitative estimate of drug-likeness (QED) is 0.0257. The largest absolute Gasteiger partial charge is 0.475 e. The van der Waals surface area contributed by atoms with Gasteiger partial charge in [0, 0.05) is 95.8 Å². The first-order valence-electron chi connectivity index (χ1n) is 23.1. The van der Waals surface area contributed by atoms with Crippen LogP contribution in [0.15, 0.2) is 71.6 Å². The Bertz CT molecular complexity index is 2150. The Morgan fingerprint density at radius 1 is 0.676 bits per heavy atom. The highest BCUT2D eigenvalue weighted by molar-refractivity contribution is 5.97. The van der Waals surface area contributed by atoms with Gasteiger partial charge in [-0.3, -0.25) is 24.0 Å². The average Bonchev–Trinajstić information content (AvgIpc) is 4.05. The number of imidazole rings is 3. The minimum absolute atomic E-state index is 0.0885. The van der Waals surface area contributed by atoms with Crippen LogP contribution in [0.1, 0.15) is 165 Å². The molecule has 0 fully saturated rings. The number of carbonyl (C=O) groups is 7. The van der Waals surface area contributed by atoms with Gasteiger partial charge < -0.3 is 50.2 Å². The molecule has 0 unspecified atom stereocenters. The molecule has 3 rings (SSSR count). The summed E-state index contributed by atoms with van der Waals surface area (Å²) in [5, 5.41) is 22.3. The number of rotatable bonds is 21. The predicted octanol–water partition coefficient (Wildman–Crippen LogP) is 7.98. The van der Waals surface area contributed by atoms with E-state index >= 15 is 0 Å². The summed E-state index contributed by atoms with van der Waals surface area (Å²) in [7, 11) is 6.79. The summed E-state index contributed by atoms with van der Waals surface area (Å²) in [6, 6.07) is 0. The van der Waals surface area contributed by atoms with Gasteiger partial charge in [0.1, 0.15) is 12.1 Å². The van der Waals surface area contributed by atoms with E-state index in [9.17, 15) is 33.6 Å². The fourth-order valence-corrected chi connectivity index (χ4v) is 4.83. The number of hydrogen-bond donors (Lipinski definition) is 6. The maximum atomic E-state index is 12.3. The number of aromatic carboxylic acids is 1. The fourth-order valence-electron chi connectivity index (χ4n) is 4.83. The van der Waals surface area contributed by atoms with E-state index in [1.807, 2.05) is 13.8 Å². The number of ketones is 1. The molecule has 19 heteroatoms. The van der Waals surface area contributed by atoms with Gasteiger partial charge in [0.05, 0.1) is 0 Å². The molecule has 0 spiro atoms. The molecule has 68 heavy (non-hydrogen) atoms. The lowest BCUT2D eigenvalue weighted by Crippen LogP contribution is -2.27. The van der Waals surface area contributed by atoms with Gasteiger partial charge in [-0.2, -0.15) is 0 Å². The highest BCUT2D eigenvalue weighted by atomic mass is 16.4. The Morgan fingerprint density at radius 2 is 1.19 bits per heavy atom. The number of amides is 4. The number of allylic oxidation sites excluding steroid dienone is 5. The highest BCUT2D eigenvalue weighted by Crippen LogP contribution is 2.10.